The molecule has 1 fully saturated rings. The van der Waals surface area contributed by atoms with Crippen LogP contribution in [-0.2, 0) is 14.2 Å². The first-order valence-corrected chi connectivity index (χ1v) is 4.73. The minimum Gasteiger partial charge on any atom is -0.453 e. The molecule has 16 heavy (non-hydrogen) atoms. The van der Waals surface area contributed by atoms with Crippen LogP contribution in [0.5, 0.6) is 0 Å². The topological polar surface area (TPSA) is 68.8 Å². The van der Waals surface area contributed by atoms with Crippen LogP contribution in [0.2, 0.25) is 0 Å². The number of hydrogen-bond acceptors (Lipinski definition) is 5. The number of hydrogen-bond donors (Lipinski definition) is 2. The van der Waals surface area contributed by atoms with Gasteiger partial charge in [0, 0.05) is 11.4 Å². The van der Waals surface area contributed by atoms with Crippen LogP contribution in [0.25, 0.3) is 0 Å². The molecule has 0 radical (unpaired) electrons. The summed E-state index contributed by atoms with van der Waals surface area (Å²) in [5.41, 5.74) is 1.51. The molecule has 0 bridgehead atoms. The molecule has 6 heteroatoms. The van der Waals surface area contributed by atoms with E-state index in [1.807, 2.05) is 0 Å². The molecule has 1 aliphatic heterocycles. The Morgan fingerprint density at radius 3 is 2.44 bits per heavy atom. The first kappa shape index (κ1) is 10.7. The summed E-state index contributed by atoms with van der Waals surface area (Å²) in [6.45, 7) is 0.319. The molecule has 2 N–H and O–H groups in total. The van der Waals surface area contributed by atoms with Crippen molar-refractivity contribution < 1.29 is 19.0 Å². The highest BCUT2D eigenvalue weighted by Crippen LogP contribution is 2.17. The number of methoxy groups -OCH3 is 1. The highest BCUT2D eigenvalue weighted by Gasteiger charge is 2.17. The van der Waals surface area contributed by atoms with Gasteiger partial charge in [-0.05, 0) is 24.3 Å². The Labute approximate surface area is 92.5 Å². The van der Waals surface area contributed by atoms with Crippen molar-refractivity contribution in [2.45, 2.75) is 6.41 Å². The molecule has 1 aliphatic rings. The second-order valence-corrected chi connectivity index (χ2v) is 3.12. The summed E-state index contributed by atoms with van der Waals surface area (Å²) >= 11 is 0. The molecule has 6 nitrogen and oxygen atoms in total. The zero-order valence-electron chi connectivity index (χ0n) is 8.73. The van der Waals surface area contributed by atoms with Gasteiger partial charge < -0.3 is 19.5 Å². The van der Waals surface area contributed by atoms with Crippen LogP contribution in [0.15, 0.2) is 24.3 Å². The molecule has 0 spiro atoms. The van der Waals surface area contributed by atoms with Crippen LogP contribution in [0.4, 0.5) is 16.2 Å². The van der Waals surface area contributed by atoms with Crippen LogP contribution in [0.3, 0.4) is 0 Å². The predicted octanol–water partition coefficient (Wildman–Crippen LogP) is 1.56. The fraction of sp³-hybridized carbons (Fsp3) is 0.300. The zero-order chi connectivity index (χ0) is 11.4. The largest absolute Gasteiger partial charge is 0.453 e. The second kappa shape index (κ2) is 4.82. The summed E-state index contributed by atoms with van der Waals surface area (Å²) < 4.78 is 14.5. The van der Waals surface area contributed by atoms with Crippen molar-refractivity contribution in [3.63, 3.8) is 0 Å². The Kier molecular flexibility index (Phi) is 3.23. The van der Waals surface area contributed by atoms with Crippen LogP contribution in [0, 0.1) is 0 Å². The molecule has 0 unspecified atom stereocenters. The van der Waals surface area contributed by atoms with E-state index in [0.29, 0.717) is 12.5 Å². The van der Waals surface area contributed by atoms with E-state index in [2.05, 4.69) is 15.4 Å². The second-order valence-electron chi connectivity index (χ2n) is 3.12. The van der Waals surface area contributed by atoms with Crippen molar-refractivity contribution in [3.8, 4) is 0 Å². The van der Waals surface area contributed by atoms with Gasteiger partial charge >= 0.3 is 6.09 Å². The molecular formula is C10H12N2O4. The van der Waals surface area contributed by atoms with E-state index >= 15 is 0 Å². The fourth-order valence-corrected chi connectivity index (χ4v) is 1.17. The van der Waals surface area contributed by atoms with Gasteiger partial charge in [-0.3, -0.25) is 5.32 Å². The number of benzene rings is 1. The van der Waals surface area contributed by atoms with E-state index in [0.717, 1.165) is 5.69 Å². The summed E-state index contributed by atoms with van der Waals surface area (Å²) in [5.74, 6) is 0. The molecule has 2 rings (SSSR count). The number of carbonyl (C=O) groups is 1. The first-order chi connectivity index (χ1) is 7.78. The third-order valence-electron chi connectivity index (χ3n) is 2.04. The molecule has 1 heterocycles. The van der Waals surface area contributed by atoms with Crippen molar-refractivity contribution in [2.75, 3.05) is 24.5 Å². The molecular weight excluding hydrogens is 212 g/mol. The Hall–Kier alpha value is -1.79. The smallest absolute Gasteiger partial charge is 0.411 e. The van der Waals surface area contributed by atoms with Crippen molar-refractivity contribution in [2.24, 2.45) is 0 Å². The maximum atomic E-state index is 10.9. The average Bonchev–Trinajstić information content (AvgIpc) is 2.25. The Morgan fingerprint density at radius 1 is 1.31 bits per heavy atom. The molecule has 1 amide bonds. The highest BCUT2D eigenvalue weighted by atomic mass is 16.9. The van der Waals surface area contributed by atoms with Crippen molar-refractivity contribution in [1.29, 1.82) is 0 Å². The van der Waals surface area contributed by atoms with Gasteiger partial charge in [0.1, 0.15) is 0 Å². The van der Waals surface area contributed by atoms with E-state index < -0.39 is 6.09 Å². The zero-order valence-corrected chi connectivity index (χ0v) is 8.73. The predicted molar refractivity (Wildman–Crippen MR) is 56.9 cm³/mol. The van der Waals surface area contributed by atoms with Crippen LogP contribution in [-0.4, -0.2) is 26.4 Å². The van der Waals surface area contributed by atoms with E-state index in [9.17, 15) is 4.79 Å². The van der Waals surface area contributed by atoms with Crippen molar-refractivity contribution in [3.05, 3.63) is 24.3 Å². The molecule has 0 atom stereocenters. The molecule has 1 aromatic rings. The van der Waals surface area contributed by atoms with Gasteiger partial charge in [-0.2, -0.15) is 0 Å². The molecule has 86 valence electrons. The summed E-state index contributed by atoms with van der Waals surface area (Å²) in [6.07, 6.45) is -0.870. The third-order valence-corrected chi connectivity index (χ3v) is 2.04. The van der Waals surface area contributed by atoms with Gasteiger partial charge in [-0.25, -0.2) is 4.79 Å². The molecule has 0 aliphatic carbocycles. The van der Waals surface area contributed by atoms with Gasteiger partial charge in [0.15, 0.2) is 6.79 Å². The standard InChI is InChI=1S/C10H12N2O4/c1-14-9(13)11-7-2-4-8(5-3-7)12-10-15-6-16-10/h2-5,10,12H,6H2,1H3,(H,11,13). The quantitative estimate of drug-likeness (QED) is 0.815. The van der Waals surface area contributed by atoms with Crippen LogP contribution < -0.4 is 10.6 Å². The normalized spacial score (nSPS) is 15.1. The van der Waals surface area contributed by atoms with Gasteiger partial charge in [0.05, 0.1) is 7.11 Å². The van der Waals surface area contributed by atoms with E-state index in [1.54, 1.807) is 24.3 Å². The SMILES string of the molecule is COC(=O)Nc1ccc(NC2OCO2)cc1. The molecule has 0 aromatic heterocycles. The summed E-state index contributed by atoms with van der Waals surface area (Å²) in [7, 11) is 1.32. The summed E-state index contributed by atoms with van der Waals surface area (Å²) in [4.78, 5) is 10.9. The molecule has 0 saturated carbocycles. The lowest BCUT2D eigenvalue weighted by Crippen LogP contribution is -2.37. The lowest BCUT2D eigenvalue weighted by atomic mass is 10.3. The Morgan fingerprint density at radius 2 is 1.94 bits per heavy atom. The van der Waals surface area contributed by atoms with Crippen molar-refractivity contribution in [1.82, 2.24) is 0 Å². The van der Waals surface area contributed by atoms with E-state index in [4.69, 9.17) is 9.47 Å². The fourth-order valence-electron chi connectivity index (χ4n) is 1.17. The molecule has 1 saturated heterocycles. The highest BCUT2D eigenvalue weighted by molar-refractivity contribution is 5.84. The summed E-state index contributed by atoms with van der Waals surface area (Å²) in [6, 6.07) is 7.10. The lowest BCUT2D eigenvalue weighted by Gasteiger charge is -2.27. The van der Waals surface area contributed by atoms with Gasteiger partial charge in [0.25, 0.3) is 0 Å². The van der Waals surface area contributed by atoms with Gasteiger partial charge in [-0.1, -0.05) is 0 Å². The number of rotatable bonds is 3. The average molecular weight is 224 g/mol. The van der Waals surface area contributed by atoms with Crippen molar-refractivity contribution >= 4 is 17.5 Å². The van der Waals surface area contributed by atoms with E-state index in [1.165, 1.54) is 7.11 Å². The monoisotopic (exact) mass is 224 g/mol. The van der Waals surface area contributed by atoms with Gasteiger partial charge in [0.2, 0.25) is 6.41 Å². The minimum atomic E-state index is -0.494. The maximum absolute atomic E-state index is 10.9. The number of nitrogens with one attached hydrogen (secondary N) is 2. The van der Waals surface area contributed by atoms with Crippen LogP contribution in [0.1, 0.15) is 0 Å². The molecule has 1 aromatic carbocycles. The first-order valence-electron chi connectivity index (χ1n) is 4.73. The summed E-state index contributed by atoms with van der Waals surface area (Å²) in [5, 5.41) is 5.53. The van der Waals surface area contributed by atoms with E-state index in [-0.39, 0.29) is 6.41 Å². The lowest BCUT2D eigenvalue weighted by molar-refractivity contribution is -0.305. The number of ether oxygens (including phenoxy) is 3. The van der Waals surface area contributed by atoms with Gasteiger partial charge in [-0.15, -0.1) is 0 Å². The van der Waals surface area contributed by atoms with Crippen LogP contribution >= 0.6 is 0 Å². The Balaban J connectivity index is 1.90. The Bertz CT molecular complexity index is 362. The maximum Gasteiger partial charge on any atom is 0.411 e. The number of amides is 1. The number of anilines is 2. The number of carbonyl (C=O) groups excluding carboxylic acids is 1. The minimum absolute atomic E-state index is 0.319. The third kappa shape index (κ3) is 2.62.